The first-order valence-electron chi connectivity index (χ1n) is 12.0. The minimum absolute atomic E-state index is 0.354. The predicted molar refractivity (Wildman–Crippen MR) is 144 cm³/mol. The molecule has 0 aliphatic carbocycles. The number of amides is 2. The van der Waals surface area contributed by atoms with Crippen molar-refractivity contribution in [3.8, 4) is 0 Å². The van der Waals surface area contributed by atoms with E-state index in [-0.39, 0.29) is 5.69 Å². The number of nitrogens with one attached hydrogen (secondary N) is 2. The van der Waals surface area contributed by atoms with Gasteiger partial charge in [-0.05, 0) is 54.6 Å². The number of benzene rings is 2. The number of nitrogens with two attached hydrogens (primary N) is 1. The topological polar surface area (TPSA) is 126 Å². The molecule has 1 aliphatic heterocycles. The van der Waals surface area contributed by atoms with E-state index in [1.54, 1.807) is 48.7 Å². The smallest absolute Gasteiger partial charge is 0.366 e. The van der Waals surface area contributed by atoms with Crippen molar-refractivity contribution in [1.29, 1.82) is 0 Å². The van der Waals surface area contributed by atoms with Crippen LogP contribution in [0.4, 0.5) is 36.2 Å². The molecule has 2 aromatic carbocycles. The van der Waals surface area contributed by atoms with Gasteiger partial charge in [-0.3, -0.25) is 14.6 Å². The van der Waals surface area contributed by atoms with Gasteiger partial charge >= 0.3 is 6.18 Å². The Labute approximate surface area is 231 Å². The number of primary amides is 1. The third-order valence-corrected chi connectivity index (χ3v) is 6.54. The zero-order valence-corrected chi connectivity index (χ0v) is 21.4. The largest absolute Gasteiger partial charge is 0.416 e. The Bertz CT molecular complexity index is 1600. The molecule has 0 radical (unpaired) electrons. The number of hydrogen-bond acceptors (Lipinski definition) is 7. The number of halogens is 4. The fraction of sp³-hybridized carbons (Fsp3) is 0.148. The summed E-state index contributed by atoms with van der Waals surface area (Å²) in [6.45, 7) is 1.03. The van der Waals surface area contributed by atoms with Crippen LogP contribution in [-0.2, 0) is 19.1 Å². The third-order valence-electron chi connectivity index (χ3n) is 6.22. The van der Waals surface area contributed by atoms with Gasteiger partial charge in [0.1, 0.15) is 5.69 Å². The van der Waals surface area contributed by atoms with E-state index in [2.05, 4.69) is 25.6 Å². The van der Waals surface area contributed by atoms with Crippen LogP contribution in [0.3, 0.4) is 0 Å². The number of pyridine rings is 1. The molecule has 0 spiro atoms. The number of anilines is 4. The fourth-order valence-electron chi connectivity index (χ4n) is 4.19. The molecular formula is C27H21ClF3N7O2. The quantitative estimate of drug-likeness (QED) is 0.292. The molecular weight excluding hydrogens is 547 g/mol. The second kappa shape index (κ2) is 10.8. The summed E-state index contributed by atoms with van der Waals surface area (Å²) in [6, 6.07) is 13.0. The summed E-state index contributed by atoms with van der Waals surface area (Å²) in [6.07, 6.45) is -1.34. The number of aromatic nitrogens is 3. The van der Waals surface area contributed by atoms with Crippen molar-refractivity contribution in [2.45, 2.75) is 19.1 Å². The van der Waals surface area contributed by atoms with Gasteiger partial charge < -0.3 is 21.3 Å². The molecule has 40 heavy (non-hydrogen) atoms. The van der Waals surface area contributed by atoms with Crippen LogP contribution >= 0.6 is 11.6 Å². The third kappa shape index (κ3) is 5.96. The lowest BCUT2D eigenvalue weighted by Gasteiger charge is -2.31. The van der Waals surface area contributed by atoms with Crippen molar-refractivity contribution in [2.75, 3.05) is 22.1 Å². The van der Waals surface area contributed by atoms with Crippen LogP contribution in [-0.4, -0.2) is 33.3 Å². The molecule has 0 saturated heterocycles. The average Bonchev–Trinajstić information content (AvgIpc) is 2.93. The zero-order chi connectivity index (χ0) is 28.4. The van der Waals surface area contributed by atoms with Crippen molar-refractivity contribution in [3.63, 3.8) is 0 Å². The predicted octanol–water partition coefficient (Wildman–Crippen LogP) is 5.20. The van der Waals surface area contributed by atoms with Crippen LogP contribution in [0.2, 0.25) is 5.02 Å². The summed E-state index contributed by atoms with van der Waals surface area (Å²) in [5.74, 6) is -0.882. The number of carbonyl (C=O) groups excluding carboxylic acids is 2. The van der Waals surface area contributed by atoms with E-state index in [0.29, 0.717) is 59.2 Å². The Morgan fingerprint density at radius 1 is 1.00 bits per heavy atom. The van der Waals surface area contributed by atoms with Gasteiger partial charge in [-0.2, -0.15) is 13.2 Å². The van der Waals surface area contributed by atoms with E-state index < -0.39 is 23.6 Å². The summed E-state index contributed by atoms with van der Waals surface area (Å²) >= 11 is 6.47. The highest BCUT2D eigenvalue weighted by Gasteiger charge is 2.31. The SMILES string of the molecule is NC(=O)c1ccc(Nc2ncc3c(n2)CCN(c2cc(NC(=O)c4cc(C(F)(F)F)ccn4)ccc2Cl)C3)cc1. The van der Waals surface area contributed by atoms with E-state index in [1.807, 2.05) is 4.90 Å². The van der Waals surface area contributed by atoms with E-state index >= 15 is 0 Å². The number of hydrogen-bond donors (Lipinski definition) is 3. The van der Waals surface area contributed by atoms with E-state index in [4.69, 9.17) is 17.3 Å². The molecule has 0 fully saturated rings. The number of rotatable bonds is 6. The first-order valence-corrected chi connectivity index (χ1v) is 12.4. The Morgan fingerprint density at radius 2 is 1.75 bits per heavy atom. The van der Waals surface area contributed by atoms with Crippen molar-refractivity contribution in [1.82, 2.24) is 15.0 Å². The molecule has 4 N–H and O–H groups in total. The van der Waals surface area contributed by atoms with Crippen LogP contribution in [0.5, 0.6) is 0 Å². The van der Waals surface area contributed by atoms with E-state index in [9.17, 15) is 22.8 Å². The maximum atomic E-state index is 13.0. The summed E-state index contributed by atoms with van der Waals surface area (Å²) in [4.78, 5) is 38.6. The van der Waals surface area contributed by atoms with Gasteiger partial charge in [0, 0.05) is 54.4 Å². The Balaban J connectivity index is 1.29. The highest BCUT2D eigenvalue weighted by atomic mass is 35.5. The molecule has 0 atom stereocenters. The molecule has 0 bridgehead atoms. The first kappa shape index (κ1) is 26.9. The lowest BCUT2D eigenvalue weighted by molar-refractivity contribution is -0.137. The van der Waals surface area contributed by atoms with Gasteiger partial charge in [-0.15, -0.1) is 0 Å². The molecule has 13 heteroatoms. The van der Waals surface area contributed by atoms with Crippen LogP contribution in [0.1, 0.15) is 37.7 Å². The van der Waals surface area contributed by atoms with Crippen molar-refractivity contribution >= 4 is 46.4 Å². The van der Waals surface area contributed by atoms with Crippen molar-refractivity contribution in [3.05, 3.63) is 100 Å². The molecule has 9 nitrogen and oxygen atoms in total. The lowest BCUT2D eigenvalue weighted by Crippen LogP contribution is -2.31. The van der Waals surface area contributed by atoms with Gasteiger partial charge in [-0.25, -0.2) is 9.97 Å². The van der Waals surface area contributed by atoms with Gasteiger partial charge in [0.2, 0.25) is 11.9 Å². The highest BCUT2D eigenvalue weighted by molar-refractivity contribution is 6.33. The molecule has 2 aromatic heterocycles. The van der Waals surface area contributed by atoms with Crippen LogP contribution in [0.15, 0.2) is 67.0 Å². The number of alkyl halides is 3. The molecule has 1 aliphatic rings. The van der Waals surface area contributed by atoms with E-state index in [0.717, 1.165) is 23.5 Å². The van der Waals surface area contributed by atoms with Crippen LogP contribution in [0, 0.1) is 0 Å². The zero-order valence-electron chi connectivity index (χ0n) is 20.7. The lowest BCUT2D eigenvalue weighted by atomic mass is 10.1. The van der Waals surface area contributed by atoms with E-state index in [1.165, 1.54) is 0 Å². The molecule has 2 amide bonds. The normalized spacial score (nSPS) is 12.9. The first-order chi connectivity index (χ1) is 19.1. The maximum Gasteiger partial charge on any atom is 0.416 e. The van der Waals surface area contributed by atoms with Crippen molar-refractivity contribution in [2.24, 2.45) is 5.73 Å². The monoisotopic (exact) mass is 567 g/mol. The summed E-state index contributed by atoms with van der Waals surface area (Å²) in [5.41, 5.74) is 7.79. The van der Waals surface area contributed by atoms with Gasteiger partial charge in [0.05, 0.1) is 22.0 Å². The van der Waals surface area contributed by atoms with Gasteiger partial charge in [-0.1, -0.05) is 11.6 Å². The van der Waals surface area contributed by atoms with Crippen molar-refractivity contribution < 1.29 is 22.8 Å². The fourth-order valence-corrected chi connectivity index (χ4v) is 4.42. The summed E-state index contributed by atoms with van der Waals surface area (Å²) in [7, 11) is 0. The standard InChI is InChI=1S/C27H21ClF3N7O2/c28-20-6-5-19(35-25(40)22-11-17(7-9-33-22)27(29,30)31)12-23(20)38-10-8-21-16(14-38)13-34-26(37-21)36-18-3-1-15(2-4-18)24(32)39/h1-7,9,11-13H,8,10,14H2,(H2,32,39)(H,35,40)(H,34,36,37). The molecule has 0 saturated carbocycles. The second-order valence-electron chi connectivity index (χ2n) is 8.95. The molecule has 4 aromatic rings. The minimum atomic E-state index is -4.59. The minimum Gasteiger partial charge on any atom is -0.366 e. The molecule has 5 rings (SSSR count). The van der Waals surface area contributed by atoms with Crippen LogP contribution in [0.25, 0.3) is 0 Å². The number of carbonyl (C=O) groups is 2. The molecule has 204 valence electrons. The molecule has 0 unspecified atom stereocenters. The highest BCUT2D eigenvalue weighted by Crippen LogP contribution is 2.33. The summed E-state index contributed by atoms with van der Waals surface area (Å²) in [5, 5.41) is 6.14. The maximum absolute atomic E-state index is 13.0. The second-order valence-corrected chi connectivity index (χ2v) is 9.36. The van der Waals surface area contributed by atoms with Crippen LogP contribution < -0.4 is 21.3 Å². The van der Waals surface area contributed by atoms with Gasteiger partial charge in [0.15, 0.2) is 0 Å². The Hall–Kier alpha value is -4.71. The Morgan fingerprint density at radius 3 is 2.48 bits per heavy atom. The Kier molecular flexibility index (Phi) is 7.26. The molecule has 3 heterocycles. The average molecular weight is 568 g/mol. The van der Waals surface area contributed by atoms with Gasteiger partial charge in [0.25, 0.3) is 5.91 Å². The number of nitrogens with zero attached hydrogens (tertiary/aromatic N) is 4. The number of fused-ring (bicyclic) bond motifs is 1. The summed E-state index contributed by atoms with van der Waals surface area (Å²) < 4.78 is 39.1.